The Bertz CT molecular complexity index is 463. The Kier molecular flexibility index (Phi) is 4.55. The number of hydrogen-bond donors (Lipinski definition) is 1. The number of carbonyl (C=O) groups excluding carboxylic acids is 1. The highest BCUT2D eigenvalue weighted by molar-refractivity contribution is 5.90. The number of nitrogens with zero attached hydrogens (tertiary/aromatic N) is 3. The molecule has 98 valence electrons. The Labute approximate surface area is 103 Å². The van der Waals surface area contributed by atoms with Gasteiger partial charge < -0.3 is 14.7 Å². The van der Waals surface area contributed by atoms with Crippen molar-refractivity contribution in [1.29, 1.82) is 0 Å². The molecule has 0 bridgehead atoms. The van der Waals surface area contributed by atoms with Gasteiger partial charge in [-0.1, -0.05) is 0 Å². The molecule has 1 aromatic rings. The van der Waals surface area contributed by atoms with E-state index in [-0.39, 0.29) is 30.2 Å². The fraction of sp³-hybridized carbons (Fsp3) is 0.400. The van der Waals surface area contributed by atoms with E-state index in [0.29, 0.717) is 0 Å². The summed E-state index contributed by atoms with van der Waals surface area (Å²) in [6.07, 6.45) is 1.20. The van der Waals surface area contributed by atoms with Gasteiger partial charge in [-0.3, -0.25) is 10.1 Å². The van der Waals surface area contributed by atoms with Gasteiger partial charge in [0.2, 0.25) is 5.82 Å². The second-order valence-corrected chi connectivity index (χ2v) is 3.46. The number of ether oxygens (including phenoxy) is 1. The van der Waals surface area contributed by atoms with Gasteiger partial charge in [0.15, 0.2) is 0 Å². The number of likely N-dealkylation sites (N-methyl/N-ethyl adjacent to an activating group) is 1. The molecule has 0 spiro atoms. The number of aliphatic hydroxyl groups is 1. The highest BCUT2D eigenvalue weighted by Crippen LogP contribution is 2.25. The Morgan fingerprint density at radius 3 is 2.83 bits per heavy atom. The second kappa shape index (κ2) is 5.92. The Morgan fingerprint density at radius 1 is 1.67 bits per heavy atom. The van der Waals surface area contributed by atoms with Gasteiger partial charge >= 0.3 is 11.7 Å². The van der Waals surface area contributed by atoms with Gasteiger partial charge in [-0.05, 0) is 0 Å². The number of pyridine rings is 1. The molecule has 0 aliphatic heterocycles. The van der Waals surface area contributed by atoms with Crippen molar-refractivity contribution < 1.29 is 19.6 Å². The number of carbonyl (C=O) groups is 1. The molecular weight excluding hydrogens is 242 g/mol. The highest BCUT2D eigenvalue weighted by atomic mass is 16.6. The lowest BCUT2D eigenvalue weighted by Gasteiger charge is -2.16. The van der Waals surface area contributed by atoms with Gasteiger partial charge in [-0.15, -0.1) is 0 Å². The minimum Gasteiger partial charge on any atom is -0.465 e. The van der Waals surface area contributed by atoms with E-state index in [9.17, 15) is 14.9 Å². The minimum absolute atomic E-state index is 0.00495. The van der Waals surface area contributed by atoms with E-state index in [0.717, 1.165) is 6.07 Å². The monoisotopic (exact) mass is 255 g/mol. The van der Waals surface area contributed by atoms with Crippen LogP contribution in [0, 0.1) is 10.1 Å². The summed E-state index contributed by atoms with van der Waals surface area (Å²) in [5, 5.41) is 19.7. The van der Waals surface area contributed by atoms with Crippen LogP contribution in [0.1, 0.15) is 10.4 Å². The molecule has 0 saturated carbocycles. The maximum atomic E-state index is 11.3. The zero-order valence-electron chi connectivity index (χ0n) is 9.99. The molecule has 8 nitrogen and oxygen atoms in total. The predicted molar refractivity (Wildman–Crippen MR) is 62.6 cm³/mol. The third-order valence-corrected chi connectivity index (χ3v) is 2.26. The van der Waals surface area contributed by atoms with Gasteiger partial charge in [0.25, 0.3) is 0 Å². The molecule has 1 heterocycles. The predicted octanol–water partition coefficient (Wildman–Crippen LogP) is 0.205. The van der Waals surface area contributed by atoms with Crippen LogP contribution in [-0.2, 0) is 4.74 Å². The largest absolute Gasteiger partial charge is 0.465 e. The summed E-state index contributed by atoms with van der Waals surface area (Å²) >= 11 is 0. The lowest BCUT2D eigenvalue weighted by atomic mass is 10.2. The zero-order valence-corrected chi connectivity index (χ0v) is 9.99. The third kappa shape index (κ3) is 2.92. The Hall–Kier alpha value is -2.22. The lowest BCUT2D eigenvalue weighted by Crippen LogP contribution is -2.23. The maximum absolute atomic E-state index is 11.3. The van der Waals surface area contributed by atoms with Crippen LogP contribution in [0.5, 0.6) is 0 Å². The quantitative estimate of drug-likeness (QED) is 0.455. The van der Waals surface area contributed by atoms with Crippen molar-refractivity contribution in [2.24, 2.45) is 0 Å². The Morgan fingerprint density at radius 2 is 2.33 bits per heavy atom. The number of rotatable bonds is 5. The first-order valence-corrected chi connectivity index (χ1v) is 5.06. The summed E-state index contributed by atoms with van der Waals surface area (Å²) < 4.78 is 4.46. The molecule has 18 heavy (non-hydrogen) atoms. The van der Waals surface area contributed by atoms with Crippen molar-refractivity contribution in [1.82, 2.24) is 4.98 Å². The average molecular weight is 255 g/mol. The molecule has 0 aliphatic carbocycles. The molecule has 0 atom stereocenters. The van der Waals surface area contributed by atoms with E-state index in [2.05, 4.69) is 9.72 Å². The first-order chi connectivity index (χ1) is 8.51. The van der Waals surface area contributed by atoms with Gasteiger partial charge in [-0.2, -0.15) is 0 Å². The molecule has 1 rings (SSSR count). The van der Waals surface area contributed by atoms with E-state index in [1.54, 1.807) is 7.05 Å². The number of aliphatic hydroxyl groups excluding tert-OH is 1. The molecule has 0 aromatic carbocycles. The first-order valence-electron chi connectivity index (χ1n) is 5.06. The number of nitro groups is 1. The molecule has 0 unspecified atom stereocenters. The summed E-state index contributed by atoms with van der Waals surface area (Å²) in [6, 6.07) is 1.10. The van der Waals surface area contributed by atoms with E-state index in [4.69, 9.17) is 5.11 Å². The smallest absolute Gasteiger partial charge is 0.339 e. The summed E-state index contributed by atoms with van der Waals surface area (Å²) in [7, 11) is 2.74. The minimum atomic E-state index is -0.693. The molecule has 0 aliphatic rings. The van der Waals surface area contributed by atoms with Crippen molar-refractivity contribution in [3.63, 3.8) is 0 Å². The first kappa shape index (κ1) is 13.8. The normalized spacial score (nSPS) is 9.94. The Balaban J connectivity index is 3.20. The van der Waals surface area contributed by atoms with E-state index in [1.807, 2.05) is 0 Å². The molecule has 1 N–H and O–H groups in total. The van der Waals surface area contributed by atoms with Crippen molar-refractivity contribution in [2.75, 3.05) is 32.2 Å². The molecule has 0 saturated heterocycles. The number of methoxy groups -OCH3 is 1. The highest BCUT2D eigenvalue weighted by Gasteiger charge is 2.21. The van der Waals surface area contributed by atoms with Gasteiger partial charge in [0, 0.05) is 25.9 Å². The van der Waals surface area contributed by atoms with Gasteiger partial charge in [0.05, 0.1) is 24.2 Å². The van der Waals surface area contributed by atoms with Crippen LogP contribution in [0.25, 0.3) is 0 Å². The van der Waals surface area contributed by atoms with Crippen molar-refractivity contribution in [3.8, 4) is 0 Å². The second-order valence-electron chi connectivity index (χ2n) is 3.46. The number of anilines is 1. The van der Waals surface area contributed by atoms with Gasteiger partial charge in [-0.25, -0.2) is 9.78 Å². The third-order valence-electron chi connectivity index (χ3n) is 2.26. The molecule has 0 radical (unpaired) electrons. The molecule has 1 aromatic heterocycles. The summed E-state index contributed by atoms with van der Waals surface area (Å²) in [6.45, 7) is 0.0412. The lowest BCUT2D eigenvalue weighted by molar-refractivity contribution is -0.384. The van der Waals surface area contributed by atoms with Crippen LogP contribution in [0.4, 0.5) is 11.5 Å². The van der Waals surface area contributed by atoms with Crippen LogP contribution >= 0.6 is 0 Å². The van der Waals surface area contributed by atoms with Crippen LogP contribution in [-0.4, -0.2) is 48.3 Å². The number of aromatic nitrogens is 1. The topological polar surface area (TPSA) is 106 Å². The van der Waals surface area contributed by atoms with Crippen LogP contribution in [0.3, 0.4) is 0 Å². The van der Waals surface area contributed by atoms with E-state index < -0.39 is 10.9 Å². The fourth-order valence-corrected chi connectivity index (χ4v) is 1.36. The van der Waals surface area contributed by atoms with Crippen LogP contribution in [0.2, 0.25) is 0 Å². The zero-order chi connectivity index (χ0) is 13.7. The summed E-state index contributed by atoms with van der Waals surface area (Å²) in [4.78, 5) is 26.8. The number of esters is 1. The van der Waals surface area contributed by atoms with E-state index in [1.165, 1.54) is 18.2 Å². The molecular formula is C10H13N3O5. The van der Waals surface area contributed by atoms with Crippen molar-refractivity contribution in [2.45, 2.75) is 0 Å². The van der Waals surface area contributed by atoms with Crippen molar-refractivity contribution >= 4 is 17.5 Å². The molecule has 0 amide bonds. The van der Waals surface area contributed by atoms with Gasteiger partial charge in [0.1, 0.15) is 0 Å². The molecule has 8 heteroatoms. The van der Waals surface area contributed by atoms with Crippen LogP contribution in [0.15, 0.2) is 12.3 Å². The van der Waals surface area contributed by atoms with Crippen LogP contribution < -0.4 is 4.90 Å². The van der Waals surface area contributed by atoms with Crippen molar-refractivity contribution in [3.05, 3.63) is 27.9 Å². The fourth-order valence-electron chi connectivity index (χ4n) is 1.36. The van der Waals surface area contributed by atoms with E-state index >= 15 is 0 Å². The maximum Gasteiger partial charge on any atom is 0.339 e. The average Bonchev–Trinajstić information content (AvgIpc) is 2.37. The number of hydrogen-bond acceptors (Lipinski definition) is 7. The summed E-state index contributed by atoms with van der Waals surface area (Å²) in [5.74, 6) is -0.608. The SMILES string of the molecule is COC(=O)c1cnc(N(C)CCO)c([N+](=O)[O-])c1. The molecule has 0 fully saturated rings. The standard InChI is InChI=1S/C10H13N3O5/c1-12(3-4-14)9-8(13(16)17)5-7(6-11-9)10(15)18-2/h5-6,14H,3-4H2,1-2H3. The summed E-state index contributed by atoms with van der Waals surface area (Å²) in [5.41, 5.74) is -0.306.